The van der Waals surface area contributed by atoms with Gasteiger partial charge in [-0.1, -0.05) is 52.3 Å². The van der Waals surface area contributed by atoms with E-state index >= 15 is 0 Å². The number of hydrogen-bond donors (Lipinski definition) is 0. The number of benzene rings is 3. The predicted molar refractivity (Wildman–Crippen MR) is 146 cm³/mol. The molecule has 0 aliphatic carbocycles. The van der Waals surface area contributed by atoms with Crippen LogP contribution < -0.4 is 15.0 Å². The average Bonchev–Trinajstić information content (AvgIpc) is 3.30. The van der Waals surface area contributed by atoms with Gasteiger partial charge in [0.1, 0.15) is 12.2 Å². The Hall–Kier alpha value is -3.88. The van der Waals surface area contributed by atoms with Gasteiger partial charge >= 0.3 is 0 Å². The molecule has 0 fully saturated rings. The molecule has 0 aliphatic heterocycles. The molecule has 0 bridgehead atoms. The summed E-state index contributed by atoms with van der Waals surface area (Å²) in [4.78, 5) is 18.2. The molecule has 7 nitrogen and oxygen atoms in total. The van der Waals surface area contributed by atoms with Gasteiger partial charge < -0.3 is 13.9 Å². The van der Waals surface area contributed by atoms with Crippen LogP contribution in [0, 0.1) is 0 Å². The lowest BCUT2D eigenvalue weighted by molar-refractivity contribution is 0.326. The monoisotopic (exact) mass is 563 g/mol. The first-order valence-electron chi connectivity index (χ1n) is 10.9. The van der Waals surface area contributed by atoms with Crippen LogP contribution in [0.25, 0.3) is 33.5 Å². The van der Waals surface area contributed by atoms with E-state index in [1.54, 1.807) is 36.4 Å². The van der Waals surface area contributed by atoms with E-state index in [0.29, 0.717) is 44.3 Å². The van der Waals surface area contributed by atoms with E-state index < -0.39 is 0 Å². The third-order valence-corrected chi connectivity index (χ3v) is 6.15. The topological polar surface area (TPSA) is 78.9 Å². The van der Waals surface area contributed by atoms with Crippen LogP contribution >= 0.6 is 27.5 Å². The van der Waals surface area contributed by atoms with Crippen molar-refractivity contribution in [2.45, 2.75) is 0 Å². The predicted octanol–water partition coefficient (Wildman–Crippen LogP) is 6.68. The van der Waals surface area contributed by atoms with E-state index in [0.717, 1.165) is 9.86 Å². The molecular weight excluding hydrogens is 546 g/mol. The Morgan fingerprint density at radius 1 is 1.19 bits per heavy atom. The molecular formula is C27H19BrClN3O4. The summed E-state index contributed by atoms with van der Waals surface area (Å²) in [7, 11) is 1.52. The molecule has 36 heavy (non-hydrogen) atoms. The van der Waals surface area contributed by atoms with Gasteiger partial charge in [0.25, 0.3) is 5.56 Å². The molecule has 5 rings (SSSR count). The minimum atomic E-state index is -0.336. The fraction of sp³-hybridized carbons (Fsp3) is 0.0741. The van der Waals surface area contributed by atoms with Gasteiger partial charge in [-0.05, 0) is 54.1 Å². The summed E-state index contributed by atoms with van der Waals surface area (Å²) < 4.78 is 19.2. The number of furan rings is 1. The van der Waals surface area contributed by atoms with Gasteiger partial charge in [-0.3, -0.25) is 4.79 Å². The second-order valence-electron chi connectivity index (χ2n) is 7.74. The lowest BCUT2D eigenvalue weighted by Crippen LogP contribution is -2.20. The Morgan fingerprint density at radius 2 is 2.03 bits per heavy atom. The molecule has 0 saturated heterocycles. The number of rotatable bonds is 7. The van der Waals surface area contributed by atoms with Crippen molar-refractivity contribution < 1.29 is 13.9 Å². The third kappa shape index (κ3) is 4.53. The minimum Gasteiger partial charge on any atom is -0.493 e. The number of hydrogen-bond acceptors (Lipinski definition) is 6. The van der Waals surface area contributed by atoms with Gasteiger partial charge in [0.15, 0.2) is 17.3 Å². The van der Waals surface area contributed by atoms with Crippen molar-refractivity contribution in [3.8, 4) is 23.1 Å². The molecule has 2 heterocycles. The summed E-state index contributed by atoms with van der Waals surface area (Å²) in [5.41, 5.74) is 1.47. The van der Waals surface area contributed by atoms with Gasteiger partial charge in [0.05, 0.1) is 29.2 Å². The molecule has 0 atom stereocenters. The Labute approximate surface area is 219 Å². The van der Waals surface area contributed by atoms with E-state index in [4.69, 9.17) is 30.5 Å². The van der Waals surface area contributed by atoms with Crippen molar-refractivity contribution in [1.82, 2.24) is 9.66 Å². The molecule has 180 valence electrons. The number of methoxy groups -OCH3 is 1. The molecule has 0 radical (unpaired) electrons. The lowest BCUT2D eigenvalue weighted by Gasteiger charge is -2.12. The summed E-state index contributed by atoms with van der Waals surface area (Å²) in [6.45, 7) is 3.92. The molecule has 2 aromatic heterocycles. The first kappa shape index (κ1) is 23.8. The Morgan fingerprint density at radius 3 is 2.83 bits per heavy atom. The fourth-order valence-corrected chi connectivity index (χ4v) is 4.39. The molecule has 9 heteroatoms. The Kier molecular flexibility index (Phi) is 6.63. The standard InChI is InChI=1S/C27H19BrClN3O4/c1-3-10-35-25-20(29)11-16(12-23(25)34-2)15-30-32-26(31-21-7-5-4-6-19(21)27(32)33)24-14-17-13-18(28)8-9-22(17)36-24/h3-9,11-15H,1,10H2,2H3. The van der Waals surface area contributed by atoms with Crippen LogP contribution in [0.5, 0.6) is 11.5 Å². The van der Waals surface area contributed by atoms with Crippen molar-refractivity contribution in [2.24, 2.45) is 5.10 Å². The molecule has 0 N–H and O–H groups in total. The highest BCUT2D eigenvalue weighted by atomic mass is 79.9. The van der Waals surface area contributed by atoms with E-state index in [-0.39, 0.29) is 18.0 Å². The molecule has 0 amide bonds. The highest BCUT2D eigenvalue weighted by molar-refractivity contribution is 9.10. The maximum atomic E-state index is 13.5. The van der Waals surface area contributed by atoms with Gasteiger partial charge in [0, 0.05) is 9.86 Å². The summed E-state index contributed by atoms with van der Waals surface area (Å²) in [5, 5.41) is 6.11. The molecule has 0 unspecified atom stereocenters. The number of aromatic nitrogens is 2. The van der Waals surface area contributed by atoms with Crippen molar-refractivity contribution in [2.75, 3.05) is 13.7 Å². The number of fused-ring (bicyclic) bond motifs is 2. The Balaban J connectivity index is 1.66. The number of halogens is 2. The molecule has 5 aromatic rings. The minimum absolute atomic E-state index is 0.270. The number of para-hydroxylation sites is 1. The van der Waals surface area contributed by atoms with Crippen molar-refractivity contribution >= 4 is 55.6 Å². The summed E-state index contributed by atoms with van der Waals surface area (Å²) in [6, 6.07) is 18.0. The zero-order valence-corrected chi connectivity index (χ0v) is 21.4. The molecule has 3 aromatic carbocycles. The van der Waals surface area contributed by atoms with Gasteiger partial charge in [-0.25, -0.2) is 4.98 Å². The van der Waals surface area contributed by atoms with Crippen molar-refractivity contribution in [3.63, 3.8) is 0 Å². The van der Waals surface area contributed by atoms with Crippen LogP contribution in [0.4, 0.5) is 0 Å². The zero-order valence-electron chi connectivity index (χ0n) is 19.1. The van der Waals surface area contributed by atoms with Crippen LogP contribution in [-0.4, -0.2) is 29.6 Å². The van der Waals surface area contributed by atoms with Crippen LogP contribution in [0.1, 0.15) is 5.56 Å². The van der Waals surface area contributed by atoms with Gasteiger partial charge in [0.2, 0.25) is 5.82 Å². The van der Waals surface area contributed by atoms with E-state index in [1.165, 1.54) is 18.0 Å². The number of nitrogens with zero attached hydrogens (tertiary/aromatic N) is 3. The largest absolute Gasteiger partial charge is 0.493 e. The lowest BCUT2D eigenvalue weighted by atomic mass is 10.2. The fourth-order valence-electron chi connectivity index (χ4n) is 3.74. The van der Waals surface area contributed by atoms with Gasteiger partial charge in [-0.2, -0.15) is 9.78 Å². The van der Waals surface area contributed by atoms with E-state index in [9.17, 15) is 4.79 Å². The molecule has 0 spiro atoms. The van der Waals surface area contributed by atoms with Crippen LogP contribution in [-0.2, 0) is 0 Å². The first-order chi connectivity index (χ1) is 17.5. The molecule has 0 aliphatic rings. The summed E-state index contributed by atoms with van der Waals surface area (Å²) in [5.74, 6) is 1.51. The quantitative estimate of drug-likeness (QED) is 0.163. The van der Waals surface area contributed by atoms with Crippen LogP contribution in [0.15, 0.2) is 92.1 Å². The van der Waals surface area contributed by atoms with E-state index in [2.05, 4.69) is 27.6 Å². The smallest absolute Gasteiger partial charge is 0.282 e. The first-order valence-corrected chi connectivity index (χ1v) is 12.0. The second-order valence-corrected chi connectivity index (χ2v) is 9.06. The Bertz CT molecular complexity index is 1710. The highest BCUT2D eigenvalue weighted by Crippen LogP contribution is 2.36. The van der Waals surface area contributed by atoms with E-state index in [1.807, 2.05) is 30.3 Å². The van der Waals surface area contributed by atoms with Gasteiger partial charge in [-0.15, -0.1) is 0 Å². The van der Waals surface area contributed by atoms with Crippen molar-refractivity contribution in [3.05, 3.63) is 98.7 Å². The van der Waals surface area contributed by atoms with Crippen LogP contribution in [0.2, 0.25) is 5.02 Å². The zero-order chi connectivity index (χ0) is 25.2. The molecule has 0 saturated carbocycles. The summed E-state index contributed by atoms with van der Waals surface area (Å²) in [6.07, 6.45) is 3.12. The van der Waals surface area contributed by atoms with Crippen LogP contribution in [0.3, 0.4) is 0 Å². The highest BCUT2D eigenvalue weighted by Gasteiger charge is 2.17. The number of ether oxygens (including phenoxy) is 2. The normalized spacial score (nSPS) is 11.4. The van der Waals surface area contributed by atoms with Crippen molar-refractivity contribution in [1.29, 1.82) is 0 Å². The average molecular weight is 565 g/mol. The SMILES string of the molecule is C=CCOc1c(Cl)cc(C=Nn2c(-c3cc4cc(Br)ccc4o3)nc3ccccc3c2=O)cc1OC. The maximum Gasteiger partial charge on any atom is 0.282 e. The second kappa shape index (κ2) is 10.0. The third-order valence-electron chi connectivity index (χ3n) is 5.37. The summed E-state index contributed by atoms with van der Waals surface area (Å²) >= 11 is 9.90. The maximum absolute atomic E-state index is 13.5.